The van der Waals surface area contributed by atoms with E-state index >= 15 is 0 Å². The first-order chi connectivity index (χ1) is 12.0. The molecule has 2 unspecified atom stereocenters. The maximum atomic E-state index is 12.4. The molecule has 1 saturated carbocycles. The van der Waals surface area contributed by atoms with Crippen LogP contribution in [0.4, 0.5) is 11.4 Å². The molecule has 0 aliphatic heterocycles. The molecule has 1 aliphatic rings. The van der Waals surface area contributed by atoms with E-state index in [2.05, 4.69) is 10.4 Å². The average molecular weight is 365 g/mol. The number of halogens is 1. The zero-order valence-electron chi connectivity index (χ0n) is 13.3. The van der Waals surface area contributed by atoms with Gasteiger partial charge in [-0.2, -0.15) is 9.78 Å². The van der Waals surface area contributed by atoms with Crippen LogP contribution in [0.15, 0.2) is 35.3 Å². The second-order valence-electron chi connectivity index (χ2n) is 6.00. The number of hydrogen-bond acceptors (Lipinski definition) is 6. The van der Waals surface area contributed by atoms with E-state index in [0.29, 0.717) is 17.9 Å². The summed E-state index contributed by atoms with van der Waals surface area (Å²) >= 11 is 6.15. The van der Waals surface area contributed by atoms with Crippen LogP contribution in [0, 0.1) is 16.0 Å². The third-order valence-electron chi connectivity index (χ3n) is 4.40. The van der Waals surface area contributed by atoms with Crippen molar-refractivity contribution in [2.75, 3.05) is 11.9 Å². The molecule has 1 aromatic carbocycles. The van der Waals surface area contributed by atoms with Crippen LogP contribution in [0.25, 0.3) is 5.69 Å². The van der Waals surface area contributed by atoms with E-state index in [0.717, 1.165) is 23.9 Å². The van der Waals surface area contributed by atoms with Gasteiger partial charge in [0.25, 0.3) is 11.2 Å². The summed E-state index contributed by atoms with van der Waals surface area (Å²) in [5.74, 6) is 0.133. The molecule has 0 radical (unpaired) electrons. The molecule has 9 heteroatoms. The molecule has 1 heterocycles. The standard InChI is InChI=1S/C16H17ClN4O4/c17-15-13(18-8-10-2-1-3-14(10)22)9-19-20(16(15)23)11-4-6-12(7-5-11)21(24)25/h4-7,9-10,14,18,22H,1-3,8H2. The summed E-state index contributed by atoms with van der Waals surface area (Å²) in [7, 11) is 0. The molecular weight excluding hydrogens is 348 g/mol. The van der Waals surface area contributed by atoms with Crippen molar-refractivity contribution >= 4 is 23.0 Å². The third kappa shape index (κ3) is 3.64. The minimum absolute atomic E-state index is 0.0131. The molecule has 1 aliphatic carbocycles. The quantitative estimate of drug-likeness (QED) is 0.622. The van der Waals surface area contributed by atoms with Crippen molar-refractivity contribution < 1.29 is 10.0 Å². The molecule has 25 heavy (non-hydrogen) atoms. The van der Waals surface area contributed by atoms with Crippen molar-refractivity contribution in [2.45, 2.75) is 25.4 Å². The summed E-state index contributed by atoms with van der Waals surface area (Å²) in [6, 6.07) is 5.46. The Balaban J connectivity index is 1.80. The lowest BCUT2D eigenvalue weighted by Gasteiger charge is -2.16. The largest absolute Gasteiger partial charge is 0.393 e. The fraction of sp³-hybridized carbons (Fsp3) is 0.375. The molecule has 3 rings (SSSR count). The van der Waals surface area contributed by atoms with Crippen LogP contribution in [0.1, 0.15) is 19.3 Å². The molecule has 0 bridgehead atoms. The maximum absolute atomic E-state index is 12.4. The Bertz CT molecular complexity index is 837. The smallest absolute Gasteiger partial charge is 0.292 e. The van der Waals surface area contributed by atoms with Gasteiger partial charge in [0.1, 0.15) is 5.02 Å². The number of anilines is 1. The van der Waals surface area contributed by atoms with Crippen molar-refractivity contribution in [3.8, 4) is 5.69 Å². The summed E-state index contributed by atoms with van der Waals surface area (Å²) < 4.78 is 1.08. The first-order valence-corrected chi connectivity index (χ1v) is 8.30. The van der Waals surface area contributed by atoms with Gasteiger partial charge in [-0.15, -0.1) is 0 Å². The number of hydrogen-bond donors (Lipinski definition) is 2. The highest BCUT2D eigenvalue weighted by atomic mass is 35.5. The SMILES string of the molecule is O=c1c(Cl)c(NCC2CCCC2O)cnn1-c1ccc([N+](=O)[O-])cc1. The van der Waals surface area contributed by atoms with Crippen molar-refractivity contribution in [3.63, 3.8) is 0 Å². The molecule has 1 fully saturated rings. The molecule has 1 aromatic heterocycles. The first-order valence-electron chi connectivity index (χ1n) is 7.92. The molecule has 2 N–H and O–H groups in total. The number of aliphatic hydroxyl groups is 1. The van der Waals surface area contributed by atoms with Crippen LogP contribution in [0.3, 0.4) is 0 Å². The number of nitrogens with one attached hydrogen (secondary N) is 1. The van der Waals surface area contributed by atoms with E-state index in [1.165, 1.54) is 30.5 Å². The van der Waals surface area contributed by atoms with E-state index in [1.807, 2.05) is 0 Å². The third-order valence-corrected chi connectivity index (χ3v) is 4.76. The van der Waals surface area contributed by atoms with E-state index in [4.69, 9.17) is 11.6 Å². The van der Waals surface area contributed by atoms with Crippen molar-refractivity contribution in [1.29, 1.82) is 0 Å². The molecular formula is C16H17ClN4O4. The first kappa shape index (κ1) is 17.4. The van der Waals surface area contributed by atoms with Crippen LogP contribution < -0.4 is 10.9 Å². The van der Waals surface area contributed by atoms with Gasteiger partial charge in [0.15, 0.2) is 0 Å². The molecule has 0 amide bonds. The summed E-state index contributed by atoms with van der Waals surface area (Å²) in [4.78, 5) is 22.6. The summed E-state index contributed by atoms with van der Waals surface area (Å²) in [6.07, 6.45) is 3.81. The highest BCUT2D eigenvalue weighted by Gasteiger charge is 2.25. The lowest BCUT2D eigenvalue weighted by molar-refractivity contribution is -0.384. The molecule has 2 aromatic rings. The Morgan fingerprint density at radius 3 is 2.68 bits per heavy atom. The van der Waals surface area contributed by atoms with Gasteiger partial charge in [0.05, 0.1) is 28.6 Å². The topological polar surface area (TPSA) is 110 Å². The van der Waals surface area contributed by atoms with Crippen LogP contribution in [-0.4, -0.2) is 32.5 Å². The number of aromatic nitrogens is 2. The van der Waals surface area contributed by atoms with Gasteiger partial charge >= 0.3 is 0 Å². The molecule has 2 atom stereocenters. The van der Waals surface area contributed by atoms with Crippen molar-refractivity contribution in [3.05, 3.63) is 56.0 Å². The zero-order chi connectivity index (χ0) is 18.0. The number of nitrogens with zero attached hydrogens (tertiary/aromatic N) is 3. The fourth-order valence-corrected chi connectivity index (χ4v) is 3.15. The minimum atomic E-state index is -0.521. The summed E-state index contributed by atoms with van der Waals surface area (Å²) in [5.41, 5.74) is 0.197. The molecule has 132 valence electrons. The Kier molecular flexibility index (Phi) is 5.00. The highest BCUT2D eigenvalue weighted by molar-refractivity contribution is 6.32. The number of nitro groups is 1. The predicted molar refractivity (Wildman–Crippen MR) is 93.3 cm³/mol. The van der Waals surface area contributed by atoms with Crippen LogP contribution in [0.2, 0.25) is 5.02 Å². The van der Waals surface area contributed by atoms with Crippen LogP contribution in [0.5, 0.6) is 0 Å². The molecule has 0 saturated heterocycles. The van der Waals surface area contributed by atoms with Crippen LogP contribution >= 0.6 is 11.6 Å². The average Bonchev–Trinajstić information content (AvgIpc) is 3.01. The zero-order valence-corrected chi connectivity index (χ0v) is 14.0. The second-order valence-corrected chi connectivity index (χ2v) is 6.38. The van der Waals surface area contributed by atoms with Gasteiger partial charge in [-0.3, -0.25) is 14.9 Å². The van der Waals surface area contributed by atoms with E-state index < -0.39 is 10.5 Å². The maximum Gasteiger partial charge on any atom is 0.292 e. The lowest BCUT2D eigenvalue weighted by Crippen LogP contribution is -2.25. The molecule has 8 nitrogen and oxygen atoms in total. The summed E-state index contributed by atoms with van der Waals surface area (Å²) in [5, 5.41) is 27.7. The van der Waals surface area contributed by atoms with Crippen molar-refractivity contribution in [2.24, 2.45) is 5.92 Å². The highest BCUT2D eigenvalue weighted by Crippen LogP contribution is 2.26. The Hall–Kier alpha value is -2.45. The van der Waals surface area contributed by atoms with Gasteiger partial charge in [-0.1, -0.05) is 18.0 Å². The van der Waals surface area contributed by atoms with Gasteiger partial charge in [-0.05, 0) is 25.0 Å². The van der Waals surface area contributed by atoms with Gasteiger partial charge < -0.3 is 10.4 Å². The summed E-state index contributed by atoms with van der Waals surface area (Å²) in [6.45, 7) is 0.517. The van der Waals surface area contributed by atoms with E-state index in [-0.39, 0.29) is 22.7 Å². The van der Waals surface area contributed by atoms with Crippen molar-refractivity contribution in [1.82, 2.24) is 9.78 Å². The normalized spacial score (nSPS) is 19.8. The Morgan fingerprint density at radius 1 is 1.36 bits per heavy atom. The lowest BCUT2D eigenvalue weighted by atomic mass is 10.1. The number of aliphatic hydroxyl groups excluding tert-OH is 1. The number of non-ortho nitro benzene ring substituents is 1. The second kappa shape index (κ2) is 7.20. The Morgan fingerprint density at radius 2 is 2.08 bits per heavy atom. The predicted octanol–water partition coefficient (Wildman–Crippen LogP) is 2.37. The van der Waals surface area contributed by atoms with Crippen LogP contribution in [-0.2, 0) is 0 Å². The van der Waals surface area contributed by atoms with Gasteiger partial charge in [0.2, 0.25) is 0 Å². The van der Waals surface area contributed by atoms with E-state index in [9.17, 15) is 20.0 Å². The minimum Gasteiger partial charge on any atom is -0.393 e. The van der Waals surface area contributed by atoms with E-state index in [1.54, 1.807) is 0 Å². The monoisotopic (exact) mass is 364 g/mol. The number of rotatable bonds is 5. The van der Waals surface area contributed by atoms with Gasteiger partial charge in [-0.25, -0.2) is 0 Å². The van der Waals surface area contributed by atoms with Gasteiger partial charge in [0, 0.05) is 24.6 Å². The molecule has 0 spiro atoms. The number of nitro benzene ring substituents is 1. The fourth-order valence-electron chi connectivity index (χ4n) is 2.95. The number of benzene rings is 1. The Labute approximate surface area is 148 Å².